The second-order valence-electron chi connectivity index (χ2n) is 4.40. The Bertz CT molecular complexity index is 455. The third kappa shape index (κ3) is 2.45. The molecule has 1 aromatic rings. The van der Waals surface area contributed by atoms with Crippen LogP contribution in [-0.4, -0.2) is 39.6 Å². The van der Waals surface area contributed by atoms with Gasteiger partial charge in [-0.25, -0.2) is 4.79 Å². The highest BCUT2D eigenvalue weighted by Gasteiger charge is 2.32. The Balaban J connectivity index is 2.20. The number of carbonyl (C=O) groups excluding carboxylic acids is 1. The summed E-state index contributed by atoms with van der Waals surface area (Å²) in [4.78, 5) is 24.7. The molecule has 5 heteroatoms. The molecule has 1 saturated heterocycles. The predicted octanol–water partition coefficient (Wildman–Crippen LogP) is 1.47. The Hall–Kier alpha value is -2.04. The lowest BCUT2D eigenvalue weighted by atomic mass is 10.0. The van der Waals surface area contributed by atoms with Gasteiger partial charge in [-0.05, 0) is 43.5 Å². The number of nitrogens with zero attached hydrogens (tertiary/aromatic N) is 1. The van der Waals surface area contributed by atoms with E-state index in [-0.39, 0.29) is 11.7 Å². The Kier molecular flexibility index (Phi) is 3.50. The van der Waals surface area contributed by atoms with Crippen molar-refractivity contribution in [3.05, 3.63) is 29.8 Å². The minimum absolute atomic E-state index is 0.0833. The summed E-state index contributed by atoms with van der Waals surface area (Å²) in [5, 5.41) is 18.3. The third-order valence-corrected chi connectivity index (χ3v) is 3.16. The highest BCUT2D eigenvalue weighted by Crippen LogP contribution is 2.20. The van der Waals surface area contributed by atoms with Gasteiger partial charge in [-0.3, -0.25) is 4.79 Å². The summed E-state index contributed by atoms with van der Waals surface area (Å²) in [6, 6.07) is 5.12. The molecule has 5 nitrogen and oxygen atoms in total. The van der Waals surface area contributed by atoms with E-state index >= 15 is 0 Å². The van der Waals surface area contributed by atoms with Crippen molar-refractivity contribution in [1.82, 2.24) is 4.90 Å². The molecular formula is C13H15NO4. The fourth-order valence-electron chi connectivity index (χ4n) is 2.20. The van der Waals surface area contributed by atoms with E-state index in [2.05, 4.69) is 0 Å². The molecule has 18 heavy (non-hydrogen) atoms. The lowest BCUT2D eigenvalue weighted by Crippen LogP contribution is -2.47. The van der Waals surface area contributed by atoms with Gasteiger partial charge in [0.05, 0.1) is 0 Å². The van der Waals surface area contributed by atoms with Gasteiger partial charge in [0.15, 0.2) is 0 Å². The van der Waals surface area contributed by atoms with E-state index in [0.717, 1.165) is 12.8 Å². The number of phenolic OH excluding ortho intramolecular Hbond substituents is 1. The average Bonchev–Trinajstić information content (AvgIpc) is 2.39. The van der Waals surface area contributed by atoms with Crippen LogP contribution in [0.15, 0.2) is 24.3 Å². The molecule has 2 N–H and O–H groups in total. The lowest BCUT2D eigenvalue weighted by Gasteiger charge is -2.33. The molecule has 0 bridgehead atoms. The first kappa shape index (κ1) is 12.4. The Labute approximate surface area is 105 Å². The van der Waals surface area contributed by atoms with Crippen LogP contribution >= 0.6 is 0 Å². The molecule has 1 aromatic carbocycles. The Morgan fingerprint density at radius 1 is 1.17 bits per heavy atom. The van der Waals surface area contributed by atoms with Crippen molar-refractivity contribution in [2.45, 2.75) is 25.3 Å². The number of rotatable bonds is 2. The maximum atomic E-state index is 12.2. The monoisotopic (exact) mass is 249 g/mol. The summed E-state index contributed by atoms with van der Waals surface area (Å²) in [6.07, 6.45) is 2.16. The van der Waals surface area contributed by atoms with E-state index in [1.807, 2.05) is 0 Å². The molecule has 1 heterocycles. The number of carbonyl (C=O) groups is 2. The van der Waals surface area contributed by atoms with E-state index in [9.17, 15) is 9.59 Å². The van der Waals surface area contributed by atoms with Crippen molar-refractivity contribution in [3.63, 3.8) is 0 Å². The van der Waals surface area contributed by atoms with E-state index < -0.39 is 12.0 Å². The SMILES string of the molecule is O=C(O)C1CCCCN1C(=O)c1ccc(O)cc1. The standard InChI is InChI=1S/C13H15NO4/c15-10-6-4-9(5-7-10)12(16)14-8-2-1-3-11(14)13(17)18/h4-7,11,15H,1-3,8H2,(H,17,18). The molecule has 2 rings (SSSR count). The van der Waals surface area contributed by atoms with Crippen LogP contribution in [0.1, 0.15) is 29.6 Å². The predicted molar refractivity (Wildman–Crippen MR) is 64.4 cm³/mol. The smallest absolute Gasteiger partial charge is 0.326 e. The molecule has 0 radical (unpaired) electrons. The lowest BCUT2D eigenvalue weighted by molar-refractivity contribution is -0.143. The molecule has 1 fully saturated rings. The quantitative estimate of drug-likeness (QED) is 0.832. The first-order valence-electron chi connectivity index (χ1n) is 5.92. The van der Waals surface area contributed by atoms with E-state index in [4.69, 9.17) is 10.2 Å². The van der Waals surface area contributed by atoms with Crippen LogP contribution in [0.25, 0.3) is 0 Å². The van der Waals surface area contributed by atoms with Crippen molar-refractivity contribution in [3.8, 4) is 5.75 Å². The van der Waals surface area contributed by atoms with Crippen molar-refractivity contribution in [2.24, 2.45) is 0 Å². The third-order valence-electron chi connectivity index (χ3n) is 3.16. The first-order chi connectivity index (χ1) is 8.59. The minimum atomic E-state index is -0.957. The zero-order valence-electron chi connectivity index (χ0n) is 9.87. The van der Waals surface area contributed by atoms with Crippen molar-refractivity contribution < 1.29 is 19.8 Å². The van der Waals surface area contributed by atoms with Gasteiger partial charge in [0.25, 0.3) is 5.91 Å². The summed E-state index contributed by atoms with van der Waals surface area (Å²) in [5.74, 6) is -1.16. The molecular weight excluding hydrogens is 234 g/mol. The number of piperidine rings is 1. The van der Waals surface area contributed by atoms with Crippen LogP contribution in [0, 0.1) is 0 Å². The first-order valence-corrected chi connectivity index (χ1v) is 5.92. The van der Waals surface area contributed by atoms with Gasteiger partial charge >= 0.3 is 5.97 Å². The van der Waals surface area contributed by atoms with Crippen LogP contribution in [0.4, 0.5) is 0 Å². The number of benzene rings is 1. The van der Waals surface area contributed by atoms with Crippen molar-refractivity contribution in [1.29, 1.82) is 0 Å². The minimum Gasteiger partial charge on any atom is -0.508 e. The second kappa shape index (κ2) is 5.08. The summed E-state index contributed by atoms with van der Waals surface area (Å²) in [7, 11) is 0. The van der Waals surface area contributed by atoms with Gasteiger partial charge in [0.1, 0.15) is 11.8 Å². The zero-order valence-corrected chi connectivity index (χ0v) is 9.87. The van der Waals surface area contributed by atoms with Crippen LogP contribution in [0.5, 0.6) is 5.75 Å². The van der Waals surface area contributed by atoms with Crippen molar-refractivity contribution in [2.75, 3.05) is 6.54 Å². The Morgan fingerprint density at radius 3 is 2.44 bits per heavy atom. The topological polar surface area (TPSA) is 77.8 Å². The maximum Gasteiger partial charge on any atom is 0.326 e. The largest absolute Gasteiger partial charge is 0.508 e. The van der Waals surface area contributed by atoms with E-state index in [1.54, 1.807) is 0 Å². The highest BCUT2D eigenvalue weighted by atomic mass is 16.4. The molecule has 1 aliphatic heterocycles. The molecule has 1 aliphatic rings. The molecule has 1 unspecified atom stereocenters. The molecule has 0 aromatic heterocycles. The summed E-state index contributed by atoms with van der Waals surface area (Å²) in [5.41, 5.74) is 0.404. The summed E-state index contributed by atoms with van der Waals surface area (Å²) in [6.45, 7) is 0.469. The van der Waals surface area contributed by atoms with E-state index in [1.165, 1.54) is 29.2 Å². The van der Waals surface area contributed by atoms with Gasteiger partial charge in [-0.2, -0.15) is 0 Å². The van der Waals surface area contributed by atoms with E-state index in [0.29, 0.717) is 18.5 Å². The molecule has 0 spiro atoms. The number of amides is 1. The Morgan fingerprint density at radius 2 is 1.83 bits per heavy atom. The molecule has 96 valence electrons. The second-order valence-corrected chi connectivity index (χ2v) is 4.40. The fourth-order valence-corrected chi connectivity index (χ4v) is 2.20. The van der Waals surface area contributed by atoms with Gasteiger partial charge in [0, 0.05) is 12.1 Å². The van der Waals surface area contributed by atoms with Crippen LogP contribution in [-0.2, 0) is 4.79 Å². The van der Waals surface area contributed by atoms with Gasteiger partial charge in [0.2, 0.25) is 0 Å². The van der Waals surface area contributed by atoms with Crippen molar-refractivity contribution >= 4 is 11.9 Å². The summed E-state index contributed by atoms with van der Waals surface area (Å²) < 4.78 is 0. The number of hydrogen-bond donors (Lipinski definition) is 2. The zero-order chi connectivity index (χ0) is 13.1. The number of aromatic hydroxyl groups is 1. The molecule has 1 atom stereocenters. The number of hydrogen-bond acceptors (Lipinski definition) is 3. The van der Waals surface area contributed by atoms with Crippen LogP contribution in [0.3, 0.4) is 0 Å². The molecule has 1 amide bonds. The normalized spacial score (nSPS) is 19.6. The molecule has 0 saturated carbocycles. The van der Waals surface area contributed by atoms with Gasteiger partial charge < -0.3 is 15.1 Å². The van der Waals surface area contributed by atoms with Gasteiger partial charge in [-0.15, -0.1) is 0 Å². The number of carboxylic acid groups (broad SMARTS) is 1. The van der Waals surface area contributed by atoms with Crippen LogP contribution < -0.4 is 0 Å². The number of phenols is 1. The average molecular weight is 249 g/mol. The molecule has 0 aliphatic carbocycles. The number of likely N-dealkylation sites (tertiary alicyclic amines) is 1. The number of carboxylic acids is 1. The van der Waals surface area contributed by atoms with Gasteiger partial charge in [-0.1, -0.05) is 0 Å². The maximum absolute atomic E-state index is 12.2. The summed E-state index contributed by atoms with van der Waals surface area (Å²) >= 11 is 0. The fraction of sp³-hybridized carbons (Fsp3) is 0.385. The highest BCUT2D eigenvalue weighted by molar-refractivity contribution is 5.96. The number of aliphatic carboxylic acids is 1. The van der Waals surface area contributed by atoms with Crippen LogP contribution in [0.2, 0.25) is 0 Å².